The van der Waals surface area contributed by atoms with Gasteiger partial charge in [0.2, 0.25) is 12.4 Å². The first-order chi connectivity index (χ1) is 14.5. The molecule has 170 valence electrons. The molecule has 1 heterocycles. The number of carbonyl (C=O) groups is 4. The van der Waals surface area contributed by atoms with Gasteiger partial charge in [-0.2, -0.15) is 0 Å². The van der Waals surface area contributed by atoms with E-state index in [0.29, 0.717) is 3.57 Å². The average molecular weight is 552 g/mol. The first-order valence-electron chi connectivity index (χ1n) is 8.93. The van der Waals surface area contributed by atoms with Crippen molar-refractivity contribution in [1.82, 2.24) is 0 Å². The van der Waals surface area contributed by atoms with E-state index in [0.717, 1.165) is 27.9 Å². The molecule has 1 fully saturated rings. The van der Waals surface area contributed by atoms with Crippen molar-refractivity contribution in [3.05, 3.63) is 21.8 Å². The molecule has 0 saturated carbocycles. The van der Waals surface area contributed by atoms with Crippen LogP contribution in [0.3, 0.4) is 0 Å². The predicted molar refractivity (Wildman–Crippen MR) is 109 cm³/mol. The van der Waals surface area contributed by atoms with Crippen LogP contribution in [0.15, 0.2) is 18.2 Å². The number of phenols is 1. The third kappa shape index (κ3) is 6.69. The molecule has 5 atom stereocenters. The average Bonchev–Trinajstić information content (AvgIpc) is 2.63. The second-order valence-electron chi connectivity index (χ2n) is 6.43. The van der Waals surface area contributed by atoms with Crippen molar-refractivity contribution >= 4 is 46.5 Å². The topological polar surface area (TPSA) is 144 Å². The molecule has 1 aliphatic rings. The van der Waals surface area contributed by atoms with Crippen LogP contribution in [0.5, 0.6) is 11.5 Å². The second-order valence-corrected chi connectivity index (χ2v) is 7.68. The highest BCUT2D eigenvalue weighted by Crippen LogP contribution is 2.32. The molecular weight excluding hydrogens is 531 g/mol. The van der Waals surface area contributed by atoms with E-state index in [1.165, 1.54) is 12.1 Å². The van der Waals surface area contributed by atoms with E-state index in [4.69, 9.17) is 28.4 Å². The Kier molecular flexibility index (Phi) is 8.44. The van der Waals surface area contributed by atoms with E-state index in [9.17, 15) is 24.3 Å². The quantitative estimate of drug-likeness (QED) is 0.308. The summed E-state index contributed by atoms with van der Waals surface area (Å²) in [6, 6.07) is 4.28. The summed E-state index contributed by atoms with van der Waals surface area (Å²) in [5.74, 6) is -3.31. The number of ether oxygens (including phenoxy) is 6. The van der Waals surface area contributed by atoms with Gasteiger partial charge in [0.15, 0.2) is 18.3 Å². The Hall–Kier alpha value is -2.61. The number of esters is 4. The van der Waals surface area contributed by atoms with Gasteiger partial charge in [-0.05, 0) is 34.7 Å². The third-order valence-electron chi connectivity index (χ3n) is 3.94. The zero-order valence-corrected chi connectivity index (χ0v) is 19.2. The molecule has 1 aromatic rings. The minimum absolute atomic E-state index is 0.111. The maximum Gasteiger partial charge on any atom is 0.339 e. The van der Waals surface area contributed by atoms with E-state index in [-0.39, 0.29) is 11.5 Å². The van der Waals surface area contributed by atoms with Crippen LogP contribution in [0, 0.1) is 3.57 Å². The first kappa shape index (κ1) is 24.7. The number of phenolic OH excluding ortho intramolecular Hbond substituents is 1. The summed E-state index contributed by atoms with van der Waals surface area (Å²) >= 11 is 1.94. The van der Waals surface area contributed by atoms with Crippen molar-refractivity contribution in [2.75, 3.05) is 7.11 Å². The largest absolute Gasteiger partial charge is 0.508 e. The van der Waals surface area contributed by atoms with Crippen molar-refractivity contribution in [2.45, 2.75) is 51.5 Å². The highest BCUT2D eigenvalue weighted by atomic mass is 127. The Morgan fingerprint density at radius 3 is 1.97 bits per heavy atom. The van der Waals surface area contributed by atoms with Crippen LogP contribution in [-0.4, -0.2) is 66.8 Å². The van der Waals surface area contributed by atoms with Crippen LogP contribution in [0.4, 0.5) is 0 Å². The molecule has 0 aromatic heterocycles. The lowest BCUT2D eigenvalue weighted by Gasteiger charge is -2.43. The molecule has 1 aliphatic heterocycles. The van der Waals surface area contributed by atoms with Gasteiger partial charge in [0.05, 0.1) is 7.11 Å². The van der Waals surface area contributed by atoms with Crippen LogP contribution in [0.1, 0.15) is 20.8 Å². The standard InChI is InChI=1S/C19H21IO11/c1-8(21)27-14-15(28-9(2)22)17(29-10(3)23)19(31-16(14)18(25)26-4)30-13-6-11(20)5-12(24)7-13/h5-7,14-17,19,24H,1-4H3/t14-,15-,16+,17-,19+/m1/s1. The van der Waals surface area contributed by atoms with Crippen LogP contribution < -0.4 is 4.74 Å². The second kappa shape index (κ2) is 10.6. The van der Waals surface area contributed by atoms with Gasteiger partial charge < -0.3 is 33.5 Å². The summed E-state index contributed by atoms with van der Waals surface area (Å²) in [6.07, 6.45) is -7.41. The number of aromatic hydroxyl groups is 1. The molecule has 0 unspecified atom stereocenters. The molecule has 1 N–H and O–H groups in total. The van der Waals surface area contributed by atoms with Gasteiger partial charge in [-0.15, -0.1) is 0 Å². The van der Waals surface area contributed by atoms with Crippen molar-refractivity contribution in [2.24, 2.45) is 0 Å². The molecule has 0 bridgehead atoms. The Labute approximate surface area is 191 Å². The lowest BCUT2D eigenvalue weighted by Crippen LogP contribution is -2.64. The number of rotatable bonds is 6. The van der Waals surface area contributed by atoms with Crippen molar-refractivity contribution in [3.63, 3.8) is 0 Å². The monoisotopic (exact) mass is 552 g/mol. The molecule has 11 nitrogen and oxygen atoms in total. The van der Waals surface area contributed by atoms with Crippen LogP contribution in [-0.2, 0) is 42.9 Å². The van der Waals surface area contributed by atoms with Gasteiger partial charge in [0.1, 0.15) is 11.5 Å². The number of hydrogen-bond donors (Lipinski definition) is 1. The fourth-order valence-corrected chi connectivity index (χ4v) is 3.55. The van der Waals surface area contributed by atoms with Crippen LogP contribution >= 0.6 is 22.6 Å². The Bertz CT molecular complexity index is 835. The fourth-order valence-electron chi connectivity index (χ4n) is 2.92. The molecule has 0 spiro atoms. The fraction of sp³-hybridized carbons (Fsp3) is 0.474. The molecule has 12 heteroatoms. The van der Waals surface area contributed by atoms with Gasteiger partial charge in [-0.25, -0.2) is 4.79 Å². The normalized spacial score (nSPS) is 25.1. The van der Waals surface area contributed by atoms with Crippen LogP contribution in [0.25, 0.3) is 0 Å². The molecular formula is C19H21IO11. The maximum absolute atomic E-state index is 12.3. The van der Waals surface area contributed by atoms with E-state index in [1.54, 1.807) is 6.07 Å². The molecule has 0 radical (unpaired) electrons. The summed E-state index contributed by atoms with van der Waals surface area (Å²) in [4.78, 5) is 47.5. The lowest BCUT2D eigenvalue weighted by molar-refractivity contribution is -0.282. The zero-order chi connectivity index (χ0) is 23.3. The van der Waals surface area contributed by atoms with Crippen molar-refractivity contribution < 1.29 is 52.7 Å². The maximum atomic E-state index is 12.3. The molecule has 0 amide bonds. The Morgan fingerprint density at radius 2 is 1.45 bits per heavy atom. The summed E-state index contributed by atoms with van der Waals surface area (Å²) < 4.78 is 32.3. The van der Waals surface area contributed by atoms with Crippen molar-refractivity contribution in [3.8, 4) is 11.5 Å². The SMILES string of the molecule is COC(=O)[C@H]1O[C@H](Oc2cc(O)cc(I)c2)[C@H](OC(C)=O)[C@H](OC(C)=O)[C@H]1OC(C)=O. The smallest absolute Gasteiger partial charge is 0.339 e. The predicted octanol–water partition coefficient (Wildman–Crippen LogP) is 1.07. The number of halogens is 1. The van der Waals surface area contributed by atoms with Crippen molar-refractivity contribution in [1.29, 1.82) is 0 Å². The van der Waals surface area contributed by atoms with Gasteiger partial charge in [-0.1, -0.05) is 0 Å². The Balaban J connectivity index is 2.52. The van der Waals surface area contributed by atoms with Gasteiger partial charge in [0.25, 0.3) is 0 Å². The van der Waals surface area contributed by atoms with Gasteiger partial charge >= 0.3 is 23.9 Å². The van der Waals surface area contributed by atoms with E-state index in [1.807, 2.05) is 22.6 Å². The molecule has 0 aliphatic carbocycles. The lowest BCUT2D eigenvalue weighted by atomic mass is 9.97. The van der Waals surface area contributed by atoms with Crippen LogP contribution in [0.2, 0.25) is 0 Å². The highest BCUT2D eigenvalue weighted by molar-refractivity contribution is 14.1. The summed E-state index contributed by atoms with van der Waals surface area (Å²) in [5, 5.41) is 9.81. The number of benzene rings is 1. The molecule has 1 aromatic carbocycles. The van der Waals surface area contributed by atoms with Gasteiger partial charge in [0, 0.05) is 30.4 Å². The number of methoxy groups -OCH3 is 1. The summed E-state index contributed by atoms with van der Waals surface area (Å²) in [5.41, 5.74) is 0. The third-order valence-corrected chi connectivity index (χ3v) is 4.57. The molecule has 2 rings (SSSR count). The van der Waals surface area contributed by atoms with Gasteiger partial charge in [-0.3, -0.25) is 14.4 Å². The zero-order valence-electron chi connectivity index (χ0n) is 17.0. The summed E-state index contributed by atoms with van der Waals surface area (Å²) in [6.45, 7) is 3.27. The highest BCUT2D eigenvalue weighted by Gasteiger charge is 2.55. The first-order valence-corrected chi connectivity index (χ1v) is 10.0. The minimum atomic E-state index is -1.56. The van der Waals surface area contributed by atoms with E-state index in [2.05, 4.69) is 0 Å². The van der Waals surface area contributed by atoms with E-state index >= 15 is 0 Å². The molecule has 1 saturated heterocycles. The Morgan fingerprint density at radius 1 is 0.903 bits per heavy atom. The molecule has 31 heavy (non-hydrogen) atoms. The van der Waals surface area contributed by atoms with E-state index < -0.39 is 54.6 Å². The minimum Gasteiger partial charge on any atom is -0.508 e. The summed E-state index contributed by atoms with van der Waals surface area (Å²) in [7, 11) is 1.09. The number of carbonyl (C=O) groups excluding carboxylic acids is 4. The number of hydrogen-bond acceptors (Lipinski definition) is 11.